The highest BCUT2D eigenvalue weighted by Gasteiger charge is 2.26. The standard InChI is InChI=1S/C14H23N3/c1-11-8-12(2)15-14(9-11)17-7-5-6-13(17)10-16(3)4/h8-9,13H,5-7,10H2,1-4H3. The number of aromatic nitrogens is 1. The molecular weight excluding hydrogens is 210 g/mol. The van der Waals surface area contributed by atoms with Crippen molar-refractivity contribution in [1.82, 2.24) is 9.88 Å². The molecule has 1 unspecified atom stereocenters. The zero-order valence-electron chi connectivity index (χ0n) is 11.4. The van der Waals surface area contributed by atoms with Crippen LogP contribution in [0.5, 0.6) is 0 Å². The zero-order chi connectivity index (χ0) is 12.4. The fraction of sp³-hybridized carbons (Fsp3) is 0.643. The van der Waals surface area contributed by atoms with Crippen molar-refractivity contribution in [3.05, 3.63) is 23.4 Å². The highest BCUT2D eigenvalue weighted by molar-refractivity contribution is 5.44. The van der Waals surface area contributed by atoms with Gasteiger partial charge < -0.3 is 9.80 Å². The molecule has 3 heteroatoms. The number of hydrogen-bond donors (Lipinski definition) is 0. The van der Waals surface area contributed by atoms with Crippen LogP contribution < -0.4 is 4.90 Å². The molecule has 0 amide bonds. The summed E-state index contributed by atoms with van der Waals surface area (Å²) in [6.07, 6.45) is 2.57. The Morgan fingerprint density at radius 1 is 1.35 bits per heavy atom. The first-order valence-electron chi connectivity index (χ1n) is 6.43. The average Bonchev–Trinajstić information content (AvgIpc) is 2.63. The third-order valence-electron chi connectivity index (χ3n) is 3.33. The van der Waals surface area contributed by atoms with Crippen LogP contribution in [0.4, 0.5) is 5.82 Å². The van der Waals surface area contributed by atoms with Crippen molar-refractivity contribution in [1.29, 1.82) is 0 Å². The van der Waals surface area contributed by atoms with Gasteiger partial charge in [-0.05, 0) is 58.5 Å². The van der Waals surface area contributed by atoms with Crippen molar-refractivity contribution in [2.24, 2.45) is 0 Å². The van der Waals surface area contributed by atoms with E-state index >= 15 is 0 Å². The molecule has 0 radical (unpaired) electrons. The summed E-state index contributed by atoms with van der Waals surface area (Å²) in [5, 5.41) is 0. The summed E-state index contributed by atoms with van der Waals surface area (Å²) in [6, 6.07) is 4.97. The van der Waals surface area contributed by atoms with Crippen molar-refractivity contribution in [3.8, 4) is 0 Å². The van der Waals surface area contributed by atoms with E-state index in [1.165, 1.54) is 18.4 Å². The predicted molar refractivity (Wildman–Crippen MR) is 72.6 cm³/mol. The third-order valence-corrected chi connectivity index (χ3v) is 3.33. The minimum atomic E-state index is 0.624. The Kier molecular flexibility index (Phi) is 3.67. The first-order chi connectivity index (χ1) is 8.06. The predicted octanol–water partition coefficient (Wildman–Crippen LogP) is 2.23. The van der Waals surface area contributed by atoms with Gasteiger partial charge in [0, 0.05) is 24.8 Å². The summed E-state index contributed by atoms with van der Waals surface area (Å²) >= 11 is 0. The molecule has 0 aromatic carbocycles. The van der Waals surface area contributed by atoms with Gasteiger partial charge in [-0.1, -0.05) is 0 Å². The van der Waals surface area contributed by atoms with Gasteiger partial charge in [0.05, 0.1) is 0 Å². The molecule has 0 saturated carbocycles. The molecule has 1 aromatic rings. The number of nitrogens with zero attached hydrogens (tertiary/aromatic N) is 3. The summed E-state index contributed by atoms with van der Waals surface area (Å²) in [4.78, 5) is 9.42. The van der Waals surface area contributed by atoms with Gasteiger partial charge in [-0.15, -0.1) is 0 Å². The molecule has 0 N–H and O–H groups in total. The molecule has 0 aliphatic carbocycles. The monoisotopic (exact) mass is 233 g/mol. The van der Waals surface area contributed by atoms with Gasteiger partial charge in [0.2, 0.25) is 0 Å². The van der Waals surface area contributed by atoms with Gasteiger partial charge in [0.15, 0.2) is 0 Å². The fourth-order valence-electron chi connectivity index (χ4n) is 2.72. The molecule has 1 aliphatic rings. The molecule has 17 heavy (non-hydrogen) atoms. The molecule has 3 nitrogen and oxygen atoms in total. The Bertz CT molecular complexity index is 367. The van der Waals surface area contributed by atoms with E-state index in [1.807, 2.05) is 0 Å². The van der Waals surface area contributed by atoms with E-state index in [2.05, 4.69) is 54.9 Å². The van der Waals surface area contributed by atoms with Crippen molar-refractivity contribution in [2.45, 2.75) is 32.7 Å². The zero-order valence-corrected chi connectivity index (χ0v) is 11.4. The van der Waals surface area contributed by atoms with E-state index in [0.717, 1.165) is 24.6 Å². The molecular formula is C14H23N3. The SMILES string of the molecule is Cc1cc(C)nc(N2CCCC2CN(C)C)c1. The maximum Gasteiger partial charge on any atom is 0.129 e. The molecule has 0 spiro atoms. The first-order valence-corrected chi connectivity index (χ1v) is 6.43. The fourth-order valence-corrected chi connectivity index (χ4v) is 2.72. The van der Waals surface area contributed by atoms with Crippen LogP contribution in [0, 0.1) is 13.8 Å². The van der Waals surface area contributed by atoms with Crippen LogP contribution in [-0.4, -0.2) is 43.1 Å². The molecule has 94 valence electrons. The largest absolute Gasteiger partial charge is 0.352 e. The number of likely N-dealkylation sites (N-methyl/N-ethyl adjacent to an activating group) is 1. The Morgan fingerprint density at radius 3 is 2.76 bits per heavy atom. The molecule has 1 saturated heterocycles. The van der Waals surface area contributed by atoms with Crippen LogP contribution >= 0.6 is 0 Å². The van der Waals surface area contributed by atoms with Gasteiger partial charge in [-0.3, -0.25) is 0 Å². The molecule has 2 heterocycles. The first kappa shape index (κ1) is 12.4. The third kappa shape index (κ3) is 2.97. The van der Waals surface area contributed by atoms with Crippen LogP contribution in [0.1, 0.15) is 24.1 Å². The van der Waals surface area contributed by atoms with Gasteiger partial charge in [0.1, 0.15) is 5.82 Å². The summed E-state index contributed by atoms with van der Waals surface area (Å²) in [5.74, 6) is 1.16. The summed E-state index contributed by atoms with van der Waals surface area (Å²) in [7, 11) is 4.29. The number of pyridine rings is 1. The molecule has 0 bridgehead atoms. The second-order valence-electron chi connectivity index (χ2n) is 5.40. The molecule has 1 aromatic heterocycles. The normalized spacial score (nSPS) is 20.3. The summed E-state index contributed by atoms with van der Waals surface area (Å²) in [5.41, 5.74) is 2.43. The smallest absolute Gasteiger partial charge is 0.129 e. The number of anilines is 1. The second kappa shape index (κ2) is 5.05. The van der Waals surface area contributed by atoms with Gasteiger partial charge in [-0.2, -0.15) is 0 Å². The highest BCUT2D eigenvalue weighted by atomic mass is 15.3. The maximum absolute atomic E-state index is 4.68. The molecule has 2 rings (SSSR count). The van der Waals surface area contributed by atoms with Crippen molar-refractivity contribution in [2.75, 3.05) is 32.1 Å². The highest BCUT2D eigenvalue weighted by Crippen LogP contribution is 2.25. The minimum absolute atomic E-state index is 0.624. The van der Waals surface area contributed by atoms with Crippen molar-refractivity contribution >= 4 is 5.82 Å². The summed E-state index contributed by atoms with van der Waals surface area (Å²) in [6.45, 7) is 6.49. The summed E-state index contributed by atoms with van der Waals surface area (Å²) < 4.78 is 0. The number of rotatable bonds is 3. The molecule has 1 aliphatic heterocycles. The van der Waals surface area contributed by atoms with E-state index < -0.39 is 0 Å². The Morgan fingerprint density at radius 2 is 2.12 bits per heavy atom. The average molecular weight is 233 g/mol. The number of hydrogen-bond acceptors (Lipinski definition) is 3. The molecule has 1 atom stereocenters. The lowest BCUT2D eigenvalue weighted by Crippen LogP contribution is -2.38. The van der Waals surface area contributed by atoms with Crippen LogP contribution in [0.25, 0.3) is 0 Å². The van der Waals surface area contributed by atoms with Crippen molar-refractivity contribution < 1.29 is 0 Å². The van der Waals surface area contributed by atoms with E-state index in [1.54, 1.807) is 0 Å². The Labute approximate surface area is 104 Å². The Balaban J connectivity index is 2.19. The minimum Gasteiger partial charge on any atom is -0.352 e. The van der Waals surface area contributed by atoms with E-state index in [0.29, 0.717) is 6.04 Å². The number of aryl methyl sites for hydroxylation is 2. The van der Waals surface area contributed by atoms with E-state index in [4.69, 9.17) is 0 Å². The van der Waals surface area contributed by atoms with E-state index in [-0.39, 0.29) is 0 Å². The Hall–Kier alpha value is -1.09. The van der Waals surface area contributed by atoms with Gasteiger partial charge in [0.25, 0.3) is 0 Å². The lowest BCUT2D eigenvalue weighted by Gasteiger charge is -2.28. The topological polar surface area (TPSA) is 19.4 Å². The van der Waals surface area contributed by atoms with Gasteiger partial charge in [-0.25, -0.2) is 4.98 Å². The second-order valence-corrected chi connectivity index (χ2v) is 5.40. The lowest BCUT2D eigenvalue weighted by atomic mass is 10.2. The quantitative estimate of drug-likeness (QED) is 0.798. The maximum atomic E-state index is 4.68. The van der Waals surface area contributed by atoms with Crippen LogP contribution in [-0.2, 0) is 0 Å². The van der Waals surface area contributed by atoms with Crippen LogP contribution in [0.2, 0.25) is 0 Å². The molecule has 1 fully saturated rings. The van der Waals surface area contributed by atoms with Gasteiger partial charge >= 0.3 is 0 Å². The van der Waals surface area contributed by atoms with Crippen molar-refractivity contribution in [3.63, 3.8) is 0 Å². The van der Waals surface area contributed by atoms with Crippen LogP contribution in [0.15, 0.2) is 12.1 Å². The lowest BCUT2D eigenvalue weighted by molar-refractivity contribution is 0.371. The van der Waals surface area contributed by atoms with E-state index in [9.17, 15) is 0 Å². The van der Waals surface area contributed by atoms with Crippen LogP contribution in [0.3, 0.4) is 0 Å².